The normalized spacial score (nSPS) is 17.4. The smallest absolute Gasteiger partial charge is 0.337 e. The van der Waals surface area contributed by atoms with Crippen molar-refractivity contribution in [2.24, 2.45) is 5.41 Å². The third-order valence-corrected chi connectivity index (χ3v) is 4.74. The predicted molar refractivity (Wildman–Crippen MR) is 82.6 cm³/mol. The highest BCUT2D eigenvalue weighted by molar-refractivity contribution is 6.01. The zero-order chi connectivity index (χ0) is 15.0. The minimum atomic E-state index is -0.874. The van der Waals surface area contributed by atoms with Gasteiger partial charge in [0.25, 0.3) is 0 Å². The van der Waals surface area contributed by atoms with Gasteiger partial charge in [0.05, 0.1) is 16.6 Å². The minimum absolute atomic E-state index is 0.267. The van der Waals surface area contributed by atoms with Crippen LogP contribution in [0.2, 0.25) is 0 Å². The van der Waals surface area contributed by atoms with Gasteiger partial charge in [-0.25, -0.2) is 9.78 Å². The Hall–Kier alpha value is -1.84. The molecule has 1 fully saturated rings. The fourth-order valence-corrected chi connectivity index (χ4v) is 3.61. The number of carbonyl (C=O) groups is 1. The zero-order valence-electron chi connectivity index (χ0n) is 12.7. The summed E-state index contributed by atoms with van der Waals surface area (Å²) in [5.74, 6) is 0.118. The van der Waals surface area contributed by atoms with Crippen LogP contribution in [0.5, 0.6) is 0 Å². The molecule has 1 N–H and O–H groups in total. The summed E-state index contributed by atoms with van der Waals surface area (Å²) in [6.07, 6.45) is 5.80. The number of aryl methyl sites for hydroxylation is 1. The first kappa shape index (κ1) is 14.1. The first-order chi connectivity index (χ1) is 10.0. The molecule has 2 aromatic rings. The number of benzene rings is 1. The number of carboxylic acids is 1. The second kappa shape index (κ2) is 5.17. The number of carboxylic acid groups (broad SMARTS) is 1. The molecule has 0 amide bonds. The maximum absolute atomic E-state index is 11.5. The van der Waals surface area contributed by atoms with E-state index < -0.39 is 5.97 Å². The number of hydrogen-bond donors (Lipinski definition) is 1. The lowest BCUT2D eigenvalue weighted by Crippen LogP contribution is -2.21. The highest BCUT2D eigenvalue weighted by Gasteiger charge is 2.31. The average Bonchev–Trinajstić information content (AvgIpc) is 3.03. The summed E-state index contributed by atoms with van der Waals surface area (Å²) in [7, 11) is 0. The van der Waals surface area contributed by atoms with E-state index in [1.807, 2.05) is 6.07 Å². The van der Waals surface area contributed by atoms with E-state index in [1.165, 1.54) is 25.7 Å². The van der Waals surface area contributed by atoms with Gasteiger partial charge >= 0.3 is 5.97 Å². The Morgan fingerprint density at radius 2 is 2.10 bits per heavy atom. The van der Waals surface area contributed by atoms with Crippen LogP contribution in [0.25, 0.3) is 11.0 Å². The standard InChI is InChI=1S/C17H22N2O2/c1-3-14-18-13-8-6-7-12(16(20)21)15(13)19(14)11-17(2)9-4-5-10-17/h6-8H,3-5,9-11H2,1-2H3,(H,20,21). The highest BCUT2D eigenvalue weighted by atomic mass is 16.4. The first-order valence-electron chi connectivity index (χ1n) is 7.75. The van der Waals surface area contributed by atoms with Crippen LogP contribution in [0.3, 0.4) is 0 Å². The molecule has 4 nitrogen and oxygen atoms in total. The van der Waals surface area contributed by atoms with Gasteiger partial charge in [-0.3, -0.25) is 0 Å². The van der Waals surface area contributed by atoms with E-state index in [9.17, 15) is 9.90 Å². The van der Waals surface area contributed by atoms with Crippen molar-refractivity contribution in [2.75, 3.05) is 0 Å². The molecule has 1 saturated carbocycles. The number of fused-ring (bicyclic) bond motifs is 1. The van der Waals surface area contributed by atoms with Crippen LogP contribution in [0.1, 0.15) is 55.7 Å². The molecular formula is C17H22N2O2. The molecule has 1 aliphatic carbocycles. The van der Waals surface area contributed by atoms with E-state index in [4.69, 9.17) is 0 Å². The number of para-hydroxylation sites is 1. The Bertz CT molecular complexity index is 681. The summed E-state index contributed by atoms with van der Waals surface area (Å²) in [5.41, 5.74) is 2.22. The lowest BCUT2D eigenvalue weighted by atomic mass is 9.88. The van der Waals surface area contributed by atoms with Crippen LogP contribution in [0.15, 0.2) is 18.2 Å². The lowest BCUT2D eigenvalue weighted by Gasteiger charge is -2.25. The van der Waals surface area contributed by atoms with E-state index in [2.05, 4.69) is 23.4 Å². The minimum Gasteiger partial charge on any atom is -0.478 e. The number of imidazole rings is 1. The fourth-order valence-electron chi connectivity index (χ4n) is 3.61. The van der Waals surface area contributed by atoms with Gasteiger partial charge in [0.2, 0.25) is 0 Å². The number of aromatic carboxylic acids is 1. The fraction of sp³-hybridized carbons (Fsp3) is 0.529. The molecule has 3 rings (SSSR count). The maximum atomic E-state index is 11.5. The van der Waals surface area contributed by atoms with Crippen LogP contribution in [-0.2, 0) is 13.0 Å². The highest BCUT2D eigenvalue weighted by Crippen LogP contribution is 2.40. The molecule has 1 aromatic heterocycles. The molecule has 0 atom stereocenters. The molecule has 0 unspecified atom stereocenters. The van der Waals surface area contributed by atoms with Crippen LogP contribution in [0, 0.1) is 5.41 Å². The van der Waals surface area contributed by atoms with Crippen molar-refractivity contribution >= 4 is 17.0 Å². The summed E-state index contributed by atoms with van der Waals surface area (Å²) in [6.45, 7) is 5.26. The molecule has 21 heavy (non-hydrogen) atoms. The van der Waals surface area contributed by atoms with Gasteiger partial charge in [-0.2, -0.15) is 0 Å². The van der Waals surface area contributed by atoms with Gasteiger partial charge in [-0.05, 0) is 30.4 Å². The zero-order valence-corrected chi connectivity index (χ0v) is 12.7. The quantitative estimate of drug-likeness (QED) is 0.928. The molecule has 0 saturated heterocycles. The number of hydrogen-bond acceptors (Lipinski definition) is 2. The van der Waals surface area contributed by atoms with Crippen molar-refractivity contribution in [3.05, 3.63) is 29.6 Å². The van der Waals surface area contributed by atoms with Gasteiger partial charge in [-0.15, -0.1) is 0 Å². The predicted octanol–water partition coefficient (Wildman–Crippen LogP) is 3.88. The van der Waals surface area contributed by atoms with Gasteiger partial charge in [0, 0.05) is 13.0 Å². The summed E-state index contributed by atoms with van der Waals surface area (Å²) in [6, 6.07) is 5.37. The monoisotopic (exact) mass is 286 g/mol. The van der Waals surface area contributed by atoms with E-state index >= 15 is 0 Å². The van der Waals surface area contributed by atoms with Gasteiger partial charge in [0.1, 0.15) is 5.82 Å². The lowest BCUT2D eigenvalue weighted by molar-refractivity contribution is 0.0698. The largest absolute Gasteiger partial charge is 0.478 e. The molecule has 112 valence electrons. The van der Waals surface area contributed by atoms with Crippen LogP contribution in [0.4, 0.5) is 0 Å². The SMILES string of the molecule is CCc1nc2cccc(C(=O)O)c2n1CC1(C)CCCC1. The molecular weight excluding hydrogens is 264 g/mol. The van der Waals surface area contributed by atoms with Gasteiger partial charge in [0.15, 0.2) is 0 Å². The summed E-state index contributed by atoms with van der Waals surface area (Å²) in [5, 5.41) is 9.47. The Labute approximate surface area is 124 Å². The van der Waals surface area contributed by atoms with E-state index in [1.54, 1.807) is 12.1 Å². The van der Waals surface area contributed by atoms with Crippen molar-refractivity contribution < 1.29 is 9.90 Å². The molecule has 4 heteroatoms. The number of aromatic nitrogens is 2. The van der Waals surface area contributed by atoms with E-state index in [-0.39, 0.29) is 5.41 Å². The molecule has 1 aliphatic rings. The summed E-state index contributed by atoms with van der Waals surface area (Å²) >= 11 is 0. The van der Waals surface area contributed by atoms with Crippen LogP contribution < -0.4 is 0 Å². The third-order valence-electron chi connectivity index (χ3n) is 4.74. The first-order valence-corrected chi connectivity index (χ1v) is 7.75. The summed E-state index contributed by atoms with van der Waals surface area (Å²) < 4.78 is 2.16. The van der Waals surface area contributed by atoms with Crippen molar-refractivity contribution in [3.63, 3.8) is 0 Å². The van der Waals surface area contributed by atoms with Gasteiger partial charge < -0.3 is 9.67 Å². The molecule has 1 aromatic carbocycles. The van der Waals surface area contributed by atoms with E-state index in [0.29, 0.717) is 5.56 Å². The molecule has 0 spiro atoms. The Balaban J connectivity index is 2.16. The third kappa shape index (κ3) is 2.43. The van der Waals surface area contributed by atoms with E-state index in [0.717, 1.165) is 29.8 Å². The Kier molecular flexibility index (Phi) is 3.47. The Morgan fingerprint density at radius 1 is 1.38 bits per heavy atom. The molecule has 1 heterocycles. The van der Waals surface area contributed by atoms with Crippen molar-refractivity contribution in [2.45, 2.75) is 52.5 Å². The molecule has 0 bridgehead atoms. The van der Waals surface area contributed by atoms with Crippen molar-refractivity contribution in [1.29, 1.82) is 0 Å². The average molecular weight is 286 g/mol. The number of rotatable bonds is 4. The molecule has 0 aliphatic heterocycles. The van der Waals surface area contributed by atoms with Crippen LogP contribution >= 0.6 is 0 Å². The second-order valence-corrected chi connectivity index (χ2v) is 6.46. The Morgan fingerprint density at radius 3 is 2.71 bits per heavy atom. The van der Waals surface area contributed by atoms with Crippen LogP contribution in [-0.4, -0.2) is 20.6 Å². The van der Waals surface area contributed by atoms with Gasteiger partial charge in [-0.1, -0.05) is 32.8 Å². The topological polar surface area (TPSA) is 55.1 Å². The number of nitrogens with zero attached hydrogens (tertiary/aromatic N) is 2. The summed E-state index contributed by atoms with van der Waals surface area (Å²) in [4.78, 5) is 16.2. The molecule has 0 radical (unpaired) electrons. The van der Waals surface area contributed by atoms with Crippen molar-refractivity contribution in [1.82, 2.24) is 9.55 Å². The maximum Gasteiger partial charge on any atom is 0.337 e. The second-order valence-electron chi connectivity index (χ2n) is 6.46. The van der Waals surface area contributed by atoms with Crippen molar-refractivity contribution in [3.8, 4) is 0 Å².